The number of nitrogens with zero attached hydrogens (tertiary/aromatic N) is 1. The minimum absolute atomic E-state index is 0.00261. The molecule has 1 N–H and O–H groups in total. The third-order valence-corrected chi connectivity index (χ3v) is 8.92. The molecule has 1 aliphatic heterocycles. The van der Waals surface area contributed by atoms with Crippen molar-refractivity contribution in [3.63, 3.8) is 0 Å². The summed E-state index contributed by atoms with van der Waals surface area (Å²) >= 11 is 3.36. The van der Waals surface area contributed by atoms with Gasteiger partial charge in [-0.15, -0.1) is 11.3 Å². The molecule has 146 valence electrons. The van der Waals surface area contributed by atoms with Crippen molar-refractivity contribution in [2.45, 2.75) is 29.0 Å². The Morgan fingerprint density at radius 1 is 1.21 bits per heavy atom. The second-order valence-corrected chi connectivity index (χ2v) is 11.7. The van der Waals surface area contributed by atoms with E-state index in [9.17, 15) is 13.2 Å². The van der Waals surface area contributed by atoms with Crippen molar-refractivity contribution >= 4 is 49.1 Å². The van der Waals surface area contributed by atoms with Crippen LogP contribution in [0.3, 0.4) is 0 Å². The average molecular weight is 433 g/mol. The highest BCUT2D eigenvalue weighted by atomic mass is 32.2. The molecule has 1 saturated heterocycles. The first-order valence-electron chi connectivity index (χ1n) is 8.92. The van der Waals surface area contributed by atoms with Gasteiger partial charge in [0.1, 0.15) is 0 Å². The highest BCUT2D eigenvalue weighted by molar-refractivity contribution is 8.00. The molecule has 28 heavy (non-hydrogen) atoms. The Morgan fingerprint density at radius 3 is 2.64 bits per heavy atom. The summed E-state index contributed by atoms with van der Waals surface area (Å²) in [6, 6.07) is 15.5. The van der Waals surface area contributed by atoms with Gasteiger partial charge in [-0.2, -0.15) is 0 Å². The third-order valence-electron chi connectivity index (χ3n) is 4.77. The summed E-state index contributed by atoms with van der Waals surface area (Å²) in [6.45, 7) is 1.79. The second kappa shape index (κ2) is 7.50. The van der Waals surface area contributed by atoms with Gasteiger partial charge in [0, 0.05) is 11.3 Å². The van der Waals surface area contributed by atoms with E-state index in [1.165, 1.54) is 4.70 Å². The lowest BCUT2D eigenvalue weighted by molar-refractivity contribution is 0.0915. The van der Waals surface area contributed by atoms with Gasteiger partial charge in [0.25, 0.3) is 5.91 Å². The number of rotatable bonds is 5. The van der Waals surface area contributed by atoms with Crippen LogP contribution in [0.15, 0.2) is 52.9 Å². The first-order chi connectivity index (χ1) is 13.3. The average Bonchev–Trinajstić information content (AvgIpc) is 3.19. The van der Waals surface area contributed by atoms with Crippen molar-refractivity contribution < 1.29 is 13.2 Å². The maximum Gasteiger partial charge on any atom is 0.251 e. The van der Waals surface area contributed by atoms with Crippen LogP contribution in [-0.2, 0) is 15.6 Å². The summed E-state index contributed by atoms with van der Waals surface area (Å²) in [5.41, 5.74) is 1.98. The van der Waals surface area contributed by atoms with Crippen LogP contribution in [0.5, 0.6) is 0 Å². The van der Waals surface area contributed by atoms with E-state index in [0.29, 0.717) is 12.0 Å². The molecular weight excluding hydrogens is 412 g/mol. The summed E-state index contributed by atoms with van der Waals surface area (Å²) < 4.78 is 25.6. The second-order valence-electron chi connectivity index (χ2n) is 7.29. The molecule has 4 rings (SSSR count). The van der Waals surface area contributed by atoms with Gasteiger partial charge in [-0.25, -0.2) is 13.4 Å². The fraction of sp³-hybridized carbons (Fsp3) is 0.300. The van der Waals surface area contributed by atoms with E-state index in [4.69, 9.17) is 0 Å². The fourth-order valence-electron chi connectivity index (χ4n) is 3.27. The number of thioether (sulfide) groups is 1. The summed E-state index contributed by atoms with van der Waals surface area (Å²) in [6.07, 6.45) is 0.456. The number of benzene rings is 2. The molecule has 1 aliphatic rings. The monoisotopic (exact) mass is 432 g/mol. The third kappa shape index (κ3) is 4.39. The van der Waals surface area contributed by atoms with Crippen LogP contribution in [-0.4, -0.2) is 36.4 Å². The summed E-state index contributed by atoms with van der Waals surface area (Å²) in [5, 5.41) is 2.89. The number of hydrogen-bond acceptors (Lipinski definition) is 6. The van der Waals surface area contributed by atoms with Crippen LogP contribution in [0.1, 0.15) is 29.3 Å². The Kier molecular flexibility index (Phi) is 5.20. The standard InChI is InChI=1S/C20H20N2O3S3/c1-20(10-11-28(24,25)13-20)22-18(23)15-8-6-14(7-9-15)12-26-19-21-16-4-2-3-5-17(16)27-19/h2-9H,10-13H2,1H3,(H,22,23). The van der Waals surface area contributed by atoms with Gasteiger partial charge in [0.15, 0.2) is 14.2 Å². The molecular formula is C20H20N2O3S3. The molecule has 1 aromatic heterocycles. The molecule has 0 saturated carbocycles. The normalized spacial score (nSPS) is 21.0. The van der Waals surface area contributed by atoms with Crippen LogP contribution < -0.4 is 5.32 Å². The Hall–Kier alpha value is -1.90. The number of thiazole rings is 1. The zero-order valence-electron chi connectivity index (χ0n) is 15.3. The summed E-state index contributed by atoms with van der Waals surface area (Å²) in [4.78, 5) is 17.1. The number of hydrogen-bond donors (Lipinski definition) is 1. The van der Waals surface area contributed by atoms with E-state index < -0.39 is 15.4 Å². The number of carbonyl (C=O) groups is 1. The molecule has 1 atom stereocenters. The van der Waals surface area contributed by atoms with Crippen molar-refractivity contribution in [1.82, 2.24) is 10.3 Å². The van der Waals surface area contributed by atoms with Gasteiger partial charge in [0.2, 0.25) is 0 Å². The maximum atomic E-state index is 12.5. The smallest absolute Gasteiger partial charge is 0.251 e. The molecule has 5 nitrogen and oxygen atoms in total. The fourth-order valence-corrected chi connectivity index (χ4v) is 7.38. The van der Waals surface area contributed by atoms with Crippen molar-refractivity contribution in [2.75, 3.05) is 11.5 Å². The molecule has 0 spiro atoms. The minimum atomic E-state index is -3.05. The lowest BCUT2D eigenvalue weighted by Gasteiger charge is -2.23. The van der Waals surface area contributed by atoms with E-state index in [-0.39, 0.29) is 17.4 Å². The number of sulfone groups is 1. The van der Waals surface area contributed by atoms with E-state index in [0.717, 1.165) is 21.2 Å². The molecule has 3 aromatic rings. The number of para-hydroxylation sites is 1. The predicted octanol–water partition coefficient (Wildman–Crippen LogP) is 3.90. The number of fused-ring (bicyclic) bond motifs is 1. The number of carbonyl (C=O) groups excluding carboxylic acids is 1. The van der Waals surface area contributed by atoms with Gasteiger partial charge in [0.05, 0.1) is 27.3 Å². The minimum Gasteiger partial charge on any atom is -0.346 e. The zero-order valence-corrected chi connectivity index (χ0v) is 17.8. The quantitative estimate of drug-likeness (QED) is 0.619. The number of nitrogens with one attached hydrogen (secondary N) is 1. The van der Waals surface area contributed by atoms with Crippen LogP contribution in [0, 0.1) is 0 Å². The van der Waals surface area contributed by atoms with Crippen molar-refractivity contribution in [1.29, 1.82) is 0 Å². The largest absolute Gasteiger partial charge is 0.346 e. The Morgan fingerprint density at radius 2 is 1.96 bits per heavy atom. The van der Waals surface area contributed by atoms with Gasteiger partial charge >= 0.3 is 0 Å². The van der Waals surface area contributed by atoms with Crippen molar-refractivity contribution in [2.24, 2.45) is 0 Å². The van der Waals surface area contributed by atoms with Crippen molar-refractivity contribution in [3.8, 4) is 0 Å². The van der Waals surface area contributed by atoms with E-state index in [2.05, 4.69) is 16.4 Å². The van der Waals surface area contributed by atoms with Crippen molar-refractivity contribution in [3.05, 3.63) is 59.7 Å². The first-order valence-corrected chi connectivity index (χ1v) is 12.5. The van der Waals surface area contributed by atoms with E-state index >= 15 is 0 Å². The first kappa shape index (κ1) is 19.4. The van der Waals surface area contributed by atoms with Gasteiger partial charge in [-0.1, -0.05) is 36.0 Å². The predicted molar refractivity (Wildman–Crippen MR) is 115 cm³/mol. The Balaban J connectivity index is 1.37. The van der Waals surface area contributed by atoms with Crippen LogP contribution >= 0.6 is 23.1 Å². The molecule has 1 unspecified atom stereocenters. The van der Waals surface area contributed by atoms with Crippen LogP contribution in [0.4, 0.5) is 0 Å². The van der Waals surface area contributed by atoms with Gasteiger partial charge < -0.3 is 5.32 Å². The molecule has 1 amide bonds. The highest BCUT2D eigenvalue weighted by Crippen LogP contribution is 2.31. The molecule has 2 aromatic carbocycles. The number of aromatic nitrogens is 1. The van der Waals surface area contributed by atoms with E-state index in [1.807, 2.05) is 30.3 Å². The highest BCUT2D eigenvalue weighted by Gasteiger charge is 2.39. The SMILES string of the molecule is CC1(NC(=O)c2ccc(CSc3nc4ccccc4s3)cc2)CCS(=O)(=O)C1. The lowest BCUT2D eigenvalue weighted by atomic mass is 10.0. The molecule has 0 radical (unpaired) electrons. The Bertz CT molecular complexity index is 1090. The molecule has 1 fully saturated rings. The van der Waals surface area contributed by atoms with Gasteiger partial charge in [-0.3, -0.25) is 4.79 Å². The van der Waals surface area contributed by atoms with Crippen LogP contribution in [0.25, 0.3) is 10.2 Å². The zero-order chi connectivity index (χ0) is 19.8. The topological polar surface area (TPSA) is 76.1 Å². The summed E-state index contributed by atoms with van der Waals surface area (Å²) in [7, 11) is -3.05. The molecule has 8 heteroatoms. The lowest BCUT2D eigenvalue weighted by Crippen LogP contribution is -2.46. The molecule has 0 aliphatic carbocycles. The summed E-state index contributed by atoms with van der Waals surface area (Å²) in [5.74, 6) is 0.677. The van der Waals surface area contributed by atoms with Crippen LogP contribution in [0.2, 0.25) is 0 Å². The molecule has 2 heterocycles. The molecule has 0 bridgehead atoms. The van der Waals surface area contributed by atoms with Gasteiger partial charge in [-0.05, 0) is 43.2 Å². The number of amides is 1. The van der Waals surface area contributed by atoms with E-state index in [1.54, 1.807) is 42.2 Å². The maximum absolute atomic E-state index is 12.5. The Labute approximate surface area is 172 Å².